The van der Waals surface area contributed by atoms with Crippen molar-refractivity contribution in [3.63, 3.8) is 0 Å². The van der Waals surface area contributed by atoms with E-state index in [-0.39, 0.29) is 11.3 Å². The predicted molar refractivity (Wildman–Crippen MR) is 74.4 cm³/mol. The SMILES string of the molecule is O=c1[nH]c(-c2cccc(OC(F)F)c2)nc2ccccc12. The summed E-state index contributed by atoms with van der Waals surface area (Å²) in [6, 6.07) is 12.9. The van der Waals surface area contributed by atoms with Crippen LogP contribution < -0.4 is 10.3 Å². The first-order chi connectivity index (χ1) is 10.1. The van der Waals surface area contributed by atoms with Crippen LogP contribution in [0.25, 0.3) is 22.3 Å². The summed E-state index contributed by atoms with van der Waals surface area (Å²) < 4.78 is 28.8. The number of nitrogens with one attached hydrogen (secondary N) is 1. The van der Waals surface area contributed by atoms with Gasteiger partial charge in [-0.05, 0) is 24.3 Å². The fourth-order valence-electron chi connectivity index (χ4n) is 2.04. The average molecular weight is 288 g/mol. The lowest BCUT2D eigenvalue weighted by Crippen LogP contribution is -2.09. The molecule has 0 spiro atoms. The van der Waals surface area contributed by atoms with Crippen molar-refractivity contribution in [2.24, 2.45) is 0 Å². The lowest BCUT2D eigenvalue weighted by atomic mass is 10.2. The summed E-state index contributed by atoms with van der Waals surface area (Å²) in [5, 5.41) is 0.473. The van der Waals surface area contributed by atoms with Gasteiger partial charge in [-0.2, -0.15) is 8.78 Å². The highest BCUT2D eigenvalue weighted by Gasteiger charge is 2.08. The third kappa shape index (κ3) is 2.74. The Morgan fingerprint density at radius 3 is 2.71 bits per heavy atom. The van der Waals surface area contributed by atoms with Crippen LogP contribution in [0, 0.1) is 0 Å². The number of rotatable bonds is 3. The van der Waals surface area contributed by atoms with Crippen LogP contribution in [-0.4, -0.2) is 16.6 Å². The van der Waals surface area contributed by atoms with Crippen LogP contribution in [0.2, 0.25) is 0 Å². The Labute approximate surface area is 118 Å². The molecule has 1 N–H and O–H groups in total. The number of nitrogens with zero attached hydrogens (tertiary/aromatic N) is 1. The number of benzene rings is 2. The van der Waals surface area contributed by atoms with Gasteiger partial charge >= 0.3 is 6.61 Å². The molecule has 6 heteroatoms. The fraction of sp³-hybridized carbons (Fsp3) is 0.0667. The zero-order valence-electron chi connectivity index (χ0n) is 10.7. The largest absolute Gasteiger partial charge is 0.435 e. The second-order valence-electron chi connectivity index (χ2n) is 4.34. The summed E-state index contributed by atoms with van der Waals surface area (Å²) in [6.07, 6.45) is 0. The summed E-state index contributed by atoms with van der Waals surface area (Å²) in [5.74, 6) is 0.316. The maximum Gasteiger partial charge on any atom is 0.387 e. The molecule has 0 amide bonds. The fourth-order valence-corrected chi connectivity index (χ4v) is 2.04. The molecular weight excluding hydrogens is 278 g/mol. The Hall–Kier alpha value is -2.76. The zero-order chi connectivity index (χ0) is 14.8. The van der Waals surface area contributed by atoms with E-state index in [0.29, 0.717) is 22.3 Å². The summed E-state index contributed by atoms with van der Waals surface area (Å²) in [4.78, 5) is 19.0. The Morgan fingerprint density at radius 2 is 1.90 bits per heavy atom. The zero-order valence-corrected chi connectivity index (χ0v) is 10.7. The number of hydrogen-bond acceptors (Lipinski definition) is 3. The summed E-state index contributed by atoms with van der Waals surface area (Å²) in [7, 11) is 0. The number of aromatic amines is 1. The molecule has 0 aliphatic heterocycles. The highest BCUT2D eigenvalue weighted by molar-refractivity contribution is 5.79. The van der Waals surface area contributed by atoms with E-state index in [2.05, 4.69) is 14.7 Å². The molecule has 21 heavy (non-hydrogen) atoms. The number of alkyl halides is 2. The highest BCUT2D eigenvalue weighted by atomic mass is 19.3. The quantitative estimate of drug-likeness (QED) is 0.805. The second-order valence-corrected chi connectivity index (χ2v) is 4.34. The first-order valence-electron chi connectivity index (χ1n) is 6.18. The minimum absolute atomic E-state index is 0.0123. The van der Waals surface area contributed by atoms with E-state index in [1.807, 2.05) is 0 Å². The monoisotopic (exact) mass is 288 g/mol. The van der Waals surface area contributed by atoms with Gasteiger partial charge in [-0.15, -0.1) is 0 Å². The molecule has 0 aliphatic rings. The van der Waals surface area contributed by atoms with Crippen molar-refractivity contribution in [3.8, 4) is 17.1 Å². The van der Waals surface area contributed by atoms with E-state index < -0.39 is 6.61 Å². The van der Waals surface area contributed by atoms with Crippen LogP contribution in [-0.2, 0) is 0 Å². The molecule has 0 aliphatic carbocycles. The standard InChI is InChI=1S/C15H10F2N2O2/c16-15(17)21-10-5-3-4-9(8-10)13-18-12-7-2-1-6-11(12)14(20)19-13/h1-8,15H,(H,18,19,20). The van der Waals surface area contributed by atoms with Gasteiger partial charge in [0.25, 0.3) is 5.56 Å². The Kier molecular flexibility index (Phi) is 3.35. The van der Waals surface area contributed by atoms with E-state index in [9.17, 15) is 13.6 Å². The molecule has 0 atom stereocenters. The first-order valence-corrected chi connectivity index (χ1v) is 6.18. The Morgan fingerprint density at radius 1 is 1.10 bits per heavy atom. The highest BCUT2D eigenvalue weighted by Crippen LogP contribution is 2.22. The van der Waals surface area contributed by atoms with Crippen LogP contribution in [0.3, 0.4) is 0 Å². The molecule has 0 radical (unpaired) electrons. The van der Waals surface area contributed by atoms with Crippen molar-refractivity contribution in [3.05, 3.63) is 58.9 Å². The molecular formula is C15H10F2N2O2. The number of H-pyrrole nitrogens is 1. The van der Waals surface area contributed by atoms with Crippen molar-refractivity contribution in [2.45, 2.75) is 6.61 Å². The van der Waals surface area contributed by atoms with Gasteiger partial charge in [-0.25, -0.2) is 4.98 Å². The molecule has 0 bridgehead atoms. The molecule has 0 saturated heterocycles. The van der Waals surface area contributed by atoms with Crippen molar-refractivity contribution in [1.29, 1.82) is 0 Å². The van der Waals surface area contributed by atoms with Crippen LogP contribution in [0.5, 0.6) is 5.75 Å². The molecule has 3 rings (SSSR count). The Balaban J connectivity index is 2.10. The van der Waals surface area contributed by atoms with Crippen molar-refractivity contribution < 1.29 is 13.5 Å². The molecule has 1 heterocycles. The molecule has 0 saturated carbocycles. The van der Waals surface area contributed by atoms with Gasteiger partial charge in [0.2, 0.25) is 0 Å². The van der Waals surface area contributed by atoms with Crippen molar-refractivity contribution in [1.82, 2.24) is 9.97 Å². The normalized spacial score (nSPS) is 11.0. The van der Waals surface area contributed by atoms with Crippen molar-refractivity contribution in [2.75, 3.05) is 0 Å². The van der Waals surface area contributed by atoms with Gasteiger partial charge in [0.1, 0.15) is 11.6 Å². The maximum absolute atomic E-state index is 12.2. The van der Waals surface area contributed by atoms with Crippen LogP contribution in [0.1, 0.15) is 0 Å². The summed E-state index contributed by atoms with van der Waals surface area (Å²) in [5.41, 5.74) is 0.753. The van der Waals surface area contributed by atoms with Gasteiger partial charge < -0.3 is 9.72 Å². The summed E-state index contributed by atoms with van der Waals surface area (Å²) in [6.45, 7) is -2.90. The minimum Gasteiger partial charge on any atom is -0.435 e. The Bertz CT molecular complexity index is 846. The smallest absolute Gasteiger partial charge is 0.387 e. The van der Waals surface area contributed by atoms with Gasteiger partial charge in [0.15, 0.2) is 0 Å². The molecule has 2 aromatic carbocycles. The van der Waals surface area contributed by atoms with Gasteiger partial charge in [-0.3, -0.25) is 4.79 Å². The first kappa shape index (κ1) is 13.2. The number of fused-ring (bicyclic) bond motifs is 1. The average Bonchev–Trinajstić information content (AvgIpc) is 2.47. The minimum atomic E-state index is -2.90. The van der Waals surface area contributed by atoms with E-state index >= 15 is 0 Å². The molecule has 3 aromatic rings. The van der Waals surface area contributed by atoms with Crippen molar-refractivity contribution >= 4 is 10.9 Å². The van der Waals surface area contributed by atoms with Crippen LogP contribution >= 0.6 is 0 Å². The second kappa shape index (κ2) is 5.32. The molecule has 0 unspecified atom stereocenters. The lowest BCUT2D eigenvalue weighted by molar-refractivity contribution is -0.0498. The lowest BCUT2D eigenvalue weighted by Gasteiger charge is -2.07. The number of aromatic nitrogens is 2. The van der Waals surface area contributed by atoms with Crippen LogP contribution in [0.15, 0.2) is 53.3 Å². The number of para-hydroxylation sites is 1. The van der Waals surface area contributed by atoms with E-state index in [1.54, 1.807) is 36.4 Å². The number of halogens is 2. The van der Waals surface area contributed by atoms with Gasteiger partial charge in [0.05, 0.1) is 10.9 Å². The molecule has 106 valence electrons. The molecule has 4 nitrogen and oxygen atoms in total. The third-order valence-electron chi connectivity index (χ3n) is 2.95. The van der Waals surface area contributed by atoms with Gasteiger partial charge in [-0.1, -0.05) is 24.3 Å². The topological polar surface area (TPSA) is 55.0 Å². The van der Waals surface area contributed by atoms with Gasteiger partial charge in [0, 0.05) is 5.56 Å². The molecule has 0 fully saturated rings. The van der Waals surface area contributed by atoms with E-state index in [1.165, 1.54) is 12.1 Å². The van der Waals surface area contributed by atoms with Crippen LogP contribution in [0.4, 0.5) is 8.78 Å². The van der Waals surface area contributed by atoms with E-state index in [0.717, 1.165) is 0 Å². The van der Waals surface area contributed by atoms with E-state index in [4.69, 9.17) is 0 Å². The summed E-state index contributed by atoms with van der Waals surface area (Å²) >= 11 is 0. The number of hydrogen-bond donors (Lipinski definition) is 1. The predicted octanol–water partition coefficient (Wildman–Crippen LogP) is 3.19. The number of ether oxygens (including phenoxy) is 1. The maximum atomic E-state index is 12.2. The third-order valence-corrected chi connectivity index (χ3v) is 2.95. The molecule has 1 aromatic heterocycles.